The van der Waals surface area contributed by atoms with Gasteiger partial charge in [-0.3, -0.25) is 0 Å². The minimum absolute atomic E-state index is 0.174. The Bertz CT molecular complexity index is 395. The zero-order valence-electron chi connectivity index (χ0n) is 8.64. The van der Waals surface area contributed by atoms with E-state index in [4.69, 9.17) is 5.73 Å². The van der Waals surface area contributed by atoms with Crippen LogP contribution in [0.5, 0.6) is 0 Å². The quantitative estimate of drug-likeness (QED) is 0.718. The predicted octanol–water partition coefficient (Wildman–Crippen LogP) is 1.51. The van der Waals surface area contributed by atoms with Crippen LogP contribution < -0.4 is 11.1 Å². The minimum Gasteiger partial charge on any atom is -0.326 e. The fourth-order valence-corrected chi connectivity index (χ4v) is 2.10. The summed E-state index contributed by atoms with van der Waals surface area (Å²) in [6, 6.07) is 1.96. The number of hydrogen-bond donors (Lipinski definition) is 2. The van der Waals surface area contributed by atoms with Gasteiger partial charge < -0.3 is 11.1 Å². The highest BCUT2D eigenvalue weighted by Gasteiger charge is 2.27. The standard InChI is InChI=1S/C11H13F3N2/c12-8-2-1-7(10(13)11(8)14)6-3-4-16-5-9(6)15/h1-2,6,9,16H,3-5,15H2/t6-,9+/m0/s1. The lowest BCUT2D eigenvalue weighted by Crippen LogP contribution is -2.45. The molecule has 2 atom stereocenters. The molecule has 1 heterocycles. The zero-order valence-corrected chi connectivity index (χ0v) is 8.64. The van der Waals surface area contributed by atoms with Crippen LogP contribution in [0.4, 0.5) is 13.2 Å². The topological polar surface area (TPSA) is 38.0 Å². The molecule has 1 aliphatic heterocycles. The largest absolute Gasteiger partial charge is 0.326 e. The van der Waals surface area contributed by atoms with Crippen molar-refractivity contribution >= 4 is 0 Å². The normalized spacial score (nSPS) is 25.8. The summed E-state index contributed by atoms with van der Waals surface area (Å²) < 4.78 is 39.4. The van der Waals surface area contributed by atoms with Crippen LogP contribution in [-0.2, 0) is 0 Å². The summed E-state index contributed by atoms with van der Waals surface area (Å²) in [7, 11) is 0. The van der Waals surface area contributed by atoms with Crippen LogP contribution in [0.25, 0.3) is 0 Å². The lowest BCUT2D eigenvalue weighted by atomic mass is 9.86. The Hall–Kier alpha value is -1.07. The molecule has 88 valence electrons. The second-order valence-corrected chi connectivity index (χ2v) is 4.03. The molecule has 0 spiro atoms. The summed E-state index contributed by atoms with van der Waals surface area (Å²) in [6.45, 7) is 1.26. The molecule has 0 bridgehead atoms. The summed E-state index contributed by atoms with van der Waals surface area (Å²) in [6.07, 6.45) is 0.628. The fourth-order valence-electron chi connectivity index (χ4n) is 2.10. The lowest BCUT2D eigenvalue weighted by Gasteiger charge is -2.29. The first-order chi connectivity index (χ1) is 7.61. The van der Waals surface area contributed by atoms with Crippen LogP contribution >= 0.6 is 0 Å². The molecule has 1 aliphatic rings. The van der Waals surface area contributed by atoms with E-state index < -0.39 is 17.5 Å². The van der Waals surface area contributed by atoms with Gasteiger partial charge >= 0.3 is 0 Å². The fraction of sp³-hybridized carbons (Fsp3) is 0.455. The van der Waals surface area contributed by atoms with Crippen LogP contribution in [0.15, 0.2) is 12.1 Å². The van der Waals surface area contributed by atoms with Gasteiger partial charge in [0.2, 0.25) is 0 Å². The van der Waals surface area contributed by atoms with E-state index in [1.165, 1.54) is 6.07 Å². The second-order valence-electron chi connectivity index (χ2n) is 4.03. The Morgan fingerprint density at radius 3 is 2.62 bits per heavy atom. The van der Waals surface area contributed by atoms with E-state index in [-0.39, 0.29) is 17.5 Å². The van der Waals surface area contributed by atoms with Gasteiger partial charge in [0, 0.05) is 18.5 Å². The summed E-state index contributed by atoms with van der Waals surface area (Å²) in [5.41, 5.74) is 6.00. The Morgan fingerprint density at radius 2 is 1.94 bits per heavy atom. The zero-order chi connectivity index (χ0) is 11.7. The maximum atomic E-state index is 13.5. The van der Waals surface area contributed by atoms with Crippen LogP contribution in [0, 0.1) is 17.5 Å². The first kappa shape index (κ1) is 11.4. The van der Waals surface area contributed by atoms with Crippen molar-refractivity contribution in [1.29, 1.82) is 0 Å². The van der Waals surface area contributed by atoms with Gasteiger partial charge in [0.05, 0.1) is 0 Å². The summed E-state index contributed by atoms with van der Waals surface area (Å²) in [5, 5.41) is 3.06. The molecule has 1 aromatic rings. The van der Waals surface area contributed by atoms with Gasteiger partial charge in [0.1, 0.15) is 0 Å². The Labute approximate surface area is 91.6 Å². The van der Waals surface area contributed by atoms with E-state index in [9.17, 15) is 13.2 Å². The van der Waals surface area contributed by atoms with Crippen molar-refractivity contribution in [3.8, 4) is 0 Å². The third-order valence-corrected chi connectivity index (χ3v) is 2.99. The maximum absolute atomic E-state index is 13.5. The number of halogens is 3. The van der Waals surface area contributed by atoms with Crippen molar-refractivity contribution in [3.05, 3.63) is 35.1 Å². The first-order valence-corrected chi connectivity index (χ1v) is 5.21. The van der Waals surface area contributed by atoms with Crippen molar-refractivity contribution in [2.24, 2.45) is 5.73 Å². The number of nitrogens with two attached hydrogens (primary N) is 1. The van der Waals surface area contributed by atoms with E-state index in [0.717, 1.165) is 6.07 Å². The first-order valence-electron chi connectivity index (χ1n) is 5.21. The molecule has 0 saturated carbocycles. The molecule has 0 aliphatic carbocycles. The van der Waals surface area contributed by atoms with E-state index in [0.29, 0.717) is 19.5 Å². The molecule has 0 aromatic heterocycles. The van der Waals surface area contributed by atoms with E-state index in [1.807, 2.05) is 0 Å². The van der Waals surface area contributed by atoms with Gasteiger partial charge in [-0.25, -0.2) is 13.2 Å². The minimum atomic E-state index is -1.41. The molecule has 2 rings (SSSR count). The Kier molecular flexibility index (Phi) is 3.16. The molecule has 2 nitrogen and oxygen atoms in total. The molecular formula is C11H13F3N2. The van der Waals surface area contributed by atoms with E-state index in [2.05, 4.69) is 5.32 Å². The third-order valence-electron chi connectivity index (χ3n) is 2.99. The maximum Gasteiger partial charge on any atom is 0.194 e. The van der Waals surface area contributed by atoms with Crippen molar-refractivity contribution in [2.45, 2.75) is 18.4 Å². The molecule has 16 heavy (non-hydrogen) atoms. The highest BCUT2D eigenvalue weighted by molar-refractivity contribution is 5.26. The molecule has 1 aromatic carbocycles. The SMILES string of the molecule is N[C@@H]1CNCC[C@H]1c1ccc(F)c(F)c1F. The highest BCUT2D eigenvalue weighted by atomic mass is 19.2. The number of hydrogen-bond acceptors (Lipinski definition) is 2. The number of benzene rings is 1. The van der Waals surface area contributed by atoms with E-state index >= 15 is 0 Å². The molecule has 0 unspecified atom stereocenters. The van der Waals surface area contributed by atoms with Gasteiger partial charge in [-0.05, 0) is 24.6 Å². The van der Waals surface area contributed by atoms with Gasteiger partial charge in [0.25, 0.3) is 0 Å². The predicted molar refractivity (Wildman–Crippen MR) is 54.5 cm³/mol. The Morgan fingerprint density at radius 1 is 1.19 bits per heavy atom. The number of piperidine rings is 1. The van der Waals surface area contributed by atoms with Gasteiger partial charge in [-0.1, -0.05) is 6.07 Å². The van der Waals surface area contributed by atoms with Gasteiger partial charge in [-0.15, -0.1) is 0 Å². The summed E-state index contributed by atoms with van der Waals surface area (Å²) in [4.78, 5) is 0. The smallest absolute Gasteiger partial charge is 0.194 e. The molecule has 5 heteroatoms. The van der Waals surface area contributed by atoms with Crippen LogP contribution in [0.2, 0.25) is 0 Å². The lowest BCUT2D eigenvalue weighted by molar-refractivity contribution is 0.378. The average molecular weight is 230 g/mol. The van der Waals surface area contributed by atoms with Crippen LogP contribution in [0.3, 0.4) is 0 Å². The van der Waals surface area contributed by atoms with E-state index in [1.54, 1.807) is 0 Å². The number of nitrogens with one attached hydrogen (secondary N) is 1. The van der Waals surface area contributed by atoms with Crippen LogP contribution in [-0.4, -0.2) is 19.1 Å². The van der Waals surface area contributed by atoms with Gasteiger partial charge in [0.15, 0.2) is 17.5 Å². The molecule has 0 radical (unpaired) electrons. The van der Waals surface area contributed by atoms with Gasteiger partial charge in [-0.2, -0.15) is 0 Å². The number of rotatable bonds is 1. The summed E-state index contributed by atoms with van der Waals surface area (Å²) in [5.74, 6) is -3.94. The van der Waals surface area contributed by atoms with Crippen molar-refractivity contribution in [2.75, 3.05) is 13.1 Å². The molecule has 1 saturated heterocycles. The van der Waals surface area contributed by atoms with Crippen molar-refractivity contribution in [3.63, 3.8) is 0 Å². The molecule has 1 fully saturated rings. The second kappa shape index (κ2) is 4.43. The monoisotopic (exact) mass is 230 g/mol. The molecule has 3 N–H and O–H groups in total. The van der Waals surface area contributed by atoms with Crippen molar-refractivity contribution in [1.82, 2.24) is 5.32 Å². The van der Waals surface area contributed by atoms with Crippen LogP contribution in [0.1, 0.15) is 17.9 Å². The molecular weight excluding hydrogens is 217 g/mol. The summed E-state index contributed by atoms with van der Waals surface area (Å²) >= 11 is 0. The molecule has 0 amide bonds. The van der Waals surface area contributed by atoms with Crippen molar-refractivity contribution < 1.29 is 13.2 Å². The average Bonchev–Trinajstić information content (AvgIpc) is 2.28. The Balaban J connectivity index is 2.36. The highest BCUT2D eigenvalue weighted by Crippen LogP contribution is 2.28. The third kappa shape index (κ3) is 1.92.